The number of fused-ring (bicyclic) bond motifs is 1. The number of hydrogen-bond donors (Lipinski definition) is 2. The van der Waals surface area contributed by atoms with Gasteiger partial charge in [-0.25, -0.2) is 13.1 Å². The minimum absolute atomic E-state index is 0.169. The van der Waals surface area contributed by atoms with E-state index in [0.717, 1.165) is 27.6 Å². The molecule has 3 rings (SSSR count). The Morgan fingerprint density at radius 2 is 1.78 bits per heavy atom. The summed E-state index contributed by atoms with van der Waals surface area (Å²) in [6, 6.07) is 11.4. The van der Waals surface area contributed by atoms with Gasteiger partial charge in [0.2, 0.25) is 10.0 Å². The molecule has 2 N–H and O–H groups in total. The molecular formula is C21H26N2O3S. The normalized spacial score (nSPS) is 12.5. The minimum Gasteiger partial charge on any atom is -0.495 e. The number of H-pyrrole nitrogens is 1. The maximum absolute atomic E-state index is 13.0. The zero-order valence-electron chi connectivity index (χ0n) is 16.4. The Kier molecular flexibility index (Phi) is 5.06. The fourth-order valence-electron chi connectivity index (χ4n) is 3.21. The van der Waals surface area contributed by atoms with E-state index in [2.05, 4.69) is 9.71 Å². The molecular weight excluding hydrogens is 360 g/mol. The number of rotatable bonds is 6. The standard InChI is InChI=1S/C21H26N2O3S/c1-14-10-19(26-5)20(11-15(14)2)27(24,25)23-13-21(3,4)17-12-22-18-9-7-6-8-16(17)18/h6-12,22-23H,13H2,1-5H3. The van der Waals surface area contributed by atoms with E-state index in [0.29, 0.717) is 5.75 Å². The van der Waals surface area contributed by atoms with Crippen molar-refractivity contribution in [1.29, 1.82) is 0 Å². The molecule has 0 aliphatic carbocycles. The second-order valence-corrected chi connectivity index (χ2v) is 9.28. The van der Waals surface area contributed by atoms with Crippen molar-refractivity contribution < 1.29 is 13.2 Å². The summed E-state index contributed by atoms with van der Waals surface area (Å²) in [5, 5.41) is 1.10. The lowest BCUT2D eigenvalue weighted by Gasteiger charge is -2.25. The van der Waals surface area contributed by atoms with Gasteiger partial charge in [0.25, 0.3) is 0 Å². The number of ether oxygens (including phenoxy) is 1. The number of aromatic amines is 1. The smallest absolute Gasteiger partial charge is 0.244 e. The van der Waals surface area contributed by atoms with Crippen molar-refractivity contribution in [3.05, 3.63) is 59.3 Å². The first-order valence-corrected chi connectivity index (χ1v) is 10.4. The topological polar surface area (TPSA) is 71.2 Å². The summed E-state index contributed by atoms with van der Waals surface area (Å²) >= 11 is 0. The van der Waals surface area contributed by atoms with Gasteiger partial charge in [-0.2, -0.15) is 0 Å². The average molecular weight is 387 g/mol. The van der Waals surface area contributed by atoms with Crippen molar-refractivity contribution in [3.63, 3.8) is 0 Å². The third kappa shape index (κ3) is 3.73. The molecule has 27 heavy (non-hydrogen) atoms. The number of methoxy groups -OCH3 is 1. The highest BCUT2D eigenvalue weighted by Gasteiger charge is 2.28. The van der Waals surface area contributed by atoms with Crippen LogP contribution >= 0.6 is 0 Å². The lowest BCUT2D eigenvalue weighted by Crippen LogP contribution is -2.36. The van der Waals surface area contributed by atoms with Crippen LogP contribution in [0, 0.1) is 13.8 Å². The lowest BCUT2D eigenvalue weighted by molar-refractivity contribution is 0.401. The Hall–Kier alpha value is -2.31. The molecule has 0 unspecified atom stereocenters. The maximum atomic E-state index is 13.0. The van der Waals surface area contributed by atoms with Crippen LogP contribution in [0.2, 0.25) is 0 Å². The summed E-state index contributed by atoms with van der Waals surface area (Å²) in [5.74, 6) is 0.357. The molecule has 1 heterocycles. The highest BCUT2D eigenvalue weighted by Crippen LogP contribution is 2.31. The number of aromatic nitrogens is 1. The number of sulfonamides is 1. The van der Waals surface area contributed by atoms with Crippen LogP contribution in [-0.4, -0.2) is 27.1 Å². The average Bonchev–Trinajstić information content (AvgIpc) is 3.07. The first kappa shape index (κ1) is 19.5. The summed E-state index contributed by atoms with van der Waals surface area (Å²) in [6.07, 6.45) is 1.95. The van der Waals surface area contributed by atoms with Crippen molar-refractivity contribution in [2.24, 2.45) is 0 Å². The van der Waals surface area contributed by atoms with E-state index in [1.807, 2.05) is 58.2 Å². The van der Waals surface area contributed by atoms with Crippen LogP contribution < -0.4 is 9.46 Å². The first-order chi connectivity index (χ1) is 12.7. The van der Waals surface area contributed by atoms with E-state index in [9.17, 15) is 8.42 Å². The van der Waals surface area contributed by atoms with Gasteiger partial charge in [0.1, 0.15) is 10.6 Å². The highest BCUT2D eigenvalue weighted by molar-refractivity contribution is 7.89. The predicted molar refractivity (Wildman–Crippen MR) is 109 cm³/mol. The van der Waals surface area contributed by atoms with Crippen molar-refractivity contribution in [1.82, 2.24) is 9.71 Å². The second-order valence-electron chi connectivity index (χ2n) is 7.54. The van der Waals surface area contributed by atoms with Gasteiger partial charge < -0.3 is 9.72 Å². The second kappa shape index (κ2) is 7.02. The third-order valence-electron chi connectivity index (χ3n) is 5.09. The predicted octanol–water partition coefficient (Wildman–Crippen LogP) is 4.05. The van der Waals surface area contributed by atoms with Gasteiger partial charge in [-0.15, -0.1) is 0 Å². The van der Waals surface area contributed by atoms with Gasteiger partial charge in [0.15, 0.2) is 0 Å². The molecule has 0 atom stereocenters. The number of para-hydroxylation sites is 1. The molecule has 0 saturated heterocycles. The molecule has 0 aliphatic rings. The van der Waals surface area contributed by atoms with Crippen LogP contribution in [0.5, 0.6) is 5.75 Å². The lowest BCUT2D eigenvalue weighted by atomic mass is 9.85. The van der Waals surface area contributed by atoms with E-state index < -0.39 is 10.0 Å². The molecule has 2 aromatic carbocycles. The zero-order chi connectivity index (χ0) is 19.8. The molecule has 6 heteroatoms. The molecule has 0 amide bonds. The summed E-state index contributed by atoms with van der Waals surface area (Å²) in [5.41, 5.74) is 3.63. The van der Waals surface area contributed by atoms with Crippen LogP contribution in [0.4, 0.5) is 0 Å². The Bertz CT molecular complexity index is 1080. The van der Waals surface area contributed by atoms with E-state index in [1.54, 1.807) is 12.1 Å². The van der Waals surface area contributed by atoms with Crippen molar-refractivity contribution >= 4 is 20.9 Å². The van der Waals surface area contributed by atoms with Crippen molar-refractivity contribution in [2.75, 3.05) is 13.7 Å². The van der Waals surface area contributed by atoms with Gasteiger partial charge in [-0.05, 0) is 48.7 Å². The SMILES string of the molecule is COc1cc(C)c(C)cc1S(=O)(=O)NCC(C)(C)c1c[nH]c2ccccc12. The largest absolute Gasteiger partial charge is 0.495 e. The van der Waals surface area contributed by atoms with Crippen LogP contribution in [0.3, 0.4) is 0 Å². The Labute approximate surface area is 160 Å². The molecule has 5 nitrogen and oxygen atoms in total. The first-order valence-electron chi connectivity index (χ1n) is 8.87. The minimum atomic E-state index is -3.71. The van der Waals surface area contributed by atoms with Crippen LogP contribution in [0.1, 0.15) is 30.5 Å². The molecule has 0 saturated carbocycles. The molecule has 0 aliphatic heterocycles. The summed E-state index contributed by atoms with van der Waals surface area (Å²) in [6.45, 7) is 8.16. The fourth-order valence-corrected chi connectivity index (χ4v) is 4.66. The zero-order valence-corrected chi connectivity index (χ0v) is 17.2. The molecule has 3 aromatic rings. The van der Waals surface area contributed by atoms with Gasteiger partial charge in [-0.3, -0.25) is 0 Å². The van der Waals surface area contributed by atoms with E-state index in [1.165, 1.54) is 7.11 Å². The van der Waals surface area contributed by atoms with Crippen LogP contribution in [-0.2, 0) is 15.4 Å². The molecule has 0 spiro atoms. The van der Waals surface area contributed by atoms with E-state index in [4.69, 9.17) is 4.74 Å². The van der Waals surface area contributed by atoms with Crippen LogP contribution in [0.25, 0.3) is 10.9 Å². The highest BCUT2D eigenvalue weighted by atomic mass is 32.2. The fraction of sp³-hybridized carbons (Fsp3) is 0.333. The van der Waals surface area contributed by atoms with E-state index in [-0.39, 0.29) is 16.9 Å². The Morgan fingerprint density at radius 3 is 2.48 bits per heavy atom. The maximum Gasteiger partial charge on any atom is 0.244 e. The molecule has 1 aromatic heterocycles. The van der Waals surface area contributed by atoms with Crippen LogP contribution in [0.15, 0.2) is 47.5 Å². The molecule has 0 bridgehead atoms. The number of aryl methyl sites for hydroxylation is 2. The molecule has 0 radical (unpaired) electrons. The van der Waals surface area contributed by atoms with Gasteiger partial charge in [0, 0.05) is 29.1 Å². The monoisotopic (exact) mass is 386 g/mol. The molecule has 144 valence electrons. The van der Waals surface area contributed by atoms with Crippen molar-refractivity contribution in [3.8, 4) is 5.75 Å². The van der Waals surface area contributed by atoms with Crippen molar-refractivity contribution in [2.45, 2.75) is 38.0 Å². The number of benzene rings is 2. The van der Waals surface area contributed by atoms with Gasteiger partial charge in [-0.1, -0.05) is 32.0 Å². The Morgan fingerprint density at radius 1 is 1.11 bits per heavy atom. The quantitative estimate of drug-likeness (QED) is 0.671. The summed E-state index contributed by atoms with van der Waals surface area (Å²) < 4.78 is 34.0. The number of nitrogens with one attached hydrogen (secondary N) is 2. The Balaban J connectivity index is 1.90. The van der Waals surface area contributed by atoms with E-state index >= 15 is 0 Å². The van der Waals surface area contributed by atoms with Gasteiger partial charge in [0.05, 0.1) is 7.11 Å². The summed E-state index contributed by atoms with van der Waals surface area (Å²) in [4.78, 5) is 3.43. The molecule has 0 fully saturated rings. The summed E-state index contributed by atoms with van der Waals surface area (Å²) in [7, 11) is -2.22. The third-order valence-corrected chi connectivity index (χ3v) is 6.51. The number of hydrogen-bond acceptors (Lipinski definition) is 3. The van der Waals surface area contributed by atoms with Gasteiger partial charge >= 0.3 is 0 Å².